The van der Waals surface area contributed by atoms with E-state index < -0.39 is 0 Å². The van der Waals surface area contributed by atoms with E-state index in [-0.39, 0.29) is 29.6 Å². The van der Waals surface area contributed by atoms with Crippen LogP contribution in [0.2, 0.25) is 0 Å². The van der Waals surface area contributed by atoms with E-state index in [9.17, 15) is 9.59 Å². The summed E-state index contributed by atoms with van der Waals surface area (Å²) in [6.07, 6.45) is 7.39. The van der Waals surface area contributed by atoms with Crippen LogP contribution in [-0.2, 0) is 16.0 Å². The molecule has 1 aliphatic carbocycles. The number of aromatic nitrogens is 1. The highest BCUT2D eigenvalue weighted by molar-refractivity contribution is 6.11. The summed E-state index contributed by atoms with van der Waals surface area (Å²) in [5, 5.41) is 6.72. The van der Waals surface area contributed by atoms with Gasteiger partial charge in [0.15, 0.2) is 0 Å². The lowest BCUT2D eigenvalue weighted by atomic mass is 9.74. The Hall–Kier alpha value is -2.76. The number of hydrogen-bond donors (Lipinski definition) is 1. The molecule has 1 N–H and O–H groups in total. The van der Waals surface area contributed by atoms with Crippen LogP contribution in [-0.4, -0.2) is 22.7 Å². The molecular weight excluding hydrogens is 330 g/mol. The van der Waals surface area contributed by atoms with Crippen molar-refractivity contribution in [3.05, 3.63) is 52.6 Å². The number of aryl methyl sites for hydroxylation is 2. The molecule has 0 saturated heterocycles. The maximum Gasteiger partial charge on any atom is 0.250 e. The summed E-state index contributed by atoms with van der Waals surface area (Å²) in [4.78, 5) is 28.5. The van der Waals surface area contributed by atoms with Gasteiger partial charge in [-0.25, -0.2) is 4.99 Å². The first-order valence-electron chi connectivity index (χ1n) is 8.61. The van der Waals surface area contributed by atoms with Crippen LogP contribution in [0.5, 0.6) is 0 Å². The van der Waals surface area contributed by atoms with Gasteiger partial charge in [-0.1, -0.05) is 32.0 Å². The summed E-state index contributed by atoms with van der Waals surface area (Å²) < 4.78 is 5.08. The average Bonchev–Trinajstić information content (AvgIpc) is 2.84. The molecule has 1 aromatic rings. The van der Waals surface area contributed by atoms with Crippen molar-refractivity contribution in [3.63, 3.8) is 0 Å². The van der Waals surface area contributed by atoms with Crippen molar-refractivity contribution in [1.29, 1.82) is 0 Å². The van der Waals surface area contributed by atoms with Gasteiger partial charge in [-0.15, -0.1) is 0 Å². The summed E-state index contributed by atoms with van der Waals surface area (Å²) in [6.45, 7) is 9.83. The van der Waals surface area contributed by atoms with E-state index in [4.69, 9.17) is 4.52 Å². The average molecular weight is 353 g/mol. The topological polar surface area (TPSA) is 84.6 Å². The Morgan fingerprint density at radius 3 is 2.65 bits per heavy atom. The lowest BCUT2D eigenvalue weighted by molar-refractivity contribution is -0.117. The van der Waals surface area contributed by atoms with Crippen LogP contribution in [0, 0.1) is 25.2 Å². The van der Waals surface area contributed by atoms with Crippen LogP contribution < -0.4 is 5.32 Å². The number of carbonyl (C=O) groups is 2. The zero-order valence-corrected chi connectivity index (χ0v) is 15.7. The van der Waals surface area contributed by atoms with E-state index in [2.05, 4.69) is 36.2 Å². The Labute approximate surface area is 152 Å². The van der Waals surface area contributed by atoms with Crippen LogP contribution in [0.3, 0.4) is 0 Å². The minimum absolute atomic E-state index is 0.00400. The number of allylic oxidation sites excluding steroid dienone is 3. The van der Waals surface area contributed by atoms with E-state index in [0.29, 0.717) is 17.2 Å². The lowest BCUT2D eigenvalue weighted by Crippen LogP contribution is -2.36. The van der Waals surface area contributed by atoms with Crippen molar-refractivity contribution >= 4 is 17.5 Å². The highest BCUT2D eigenvalue weighted by atomic mass is 16.5. The maximum absolute atomic E-state index is 12.3. The predicted octanol–water partition coefficient (Wildman–Crippen LogP) is 2.97. The second kappa shape index (κ2) is 6.52. The van der Waals surface area contributed by atoms with Gasteiger partial charge in [0.05, 0.1) is 17.8 Å². The summed E-state index contributed by atoms with van der Waals surface area (Å²) in [7, 11) is 0. The summed E-state index contributed by atoms with van der Waals surface area (Å²) in [5.74, 6) is 0.217. The third kappa shape index (κ3) is 3.59. The molecule has 1 aromatic heterocycles. The summed E-state index contributed by atoms with van der Waals surface area (Å²) in [6, 6.07) is 0. The molecule has 2 aliphatic rings. The monoisotopic (exact) mass is 353 g/mol. The number of aliphatic imine (C=N–C) groups is 1. The number of rotatable bonds is 2. The minimum Gasteiger partial charge on any atom is -0.361 e. The summed E-state index contributed by atoms with van der Waals surface area (Å²) in [5.41, 5.74) is 3.68. The molecule has 2 heterocycles. The molecule has 0 fully saturated rings. The zero-order valence-electron chi connectivity index (χ0n) is 15.7. The van der Waals surface area contributed by atoms with Crippen molar-refractivity contribution in [2.75, 3.05) is 0 Å². The highest BCUT2D eigenvalue weighted by Crippen LogP contribution is 2.38. The second-order valence-electron chi connectivity index (χ2n) is 7.69. The fourth-order valence-corrected chi connectivity index (χ4v) is 3.23. The van der Waals surface area contributed by atoms with Gasteiger partial charge in [0.25, 0.3) is 5.91 Å². The Morgan fingerprint density at radius 1 is 1.31 bits per heavy atom. The van der Waals surface area contributed by atoms with Gasteiger partial charge >= 0.3 is 0 Å². The molecule has 6 heteroatoms. The number of hydrogen-bond acceptors (Lipinski definition) is 4. The van der Waals surface area contributed by atoms with Gasteiger partial charge in [0.2, 0.25) is 5.91 Å². The molecule has 0 radical (unpaired) electrons. The number of carbonyl (C=O) groups excluding carboxylic acids is 2. The Morgan fingerprint density at radius 2 is 2.04 bits per heavy atom. The van der Waals surface area contributed by atoms with E-state index in [0.717, 1.165) is 16.8 Å². The maximum atomic E-state index is 12.3. The van der Waals surface area contributed by atoms with E-state index >= 15 is 0 Å². The highest BCUT2D eigenvalue weighted by Gasteiger charge is 2.32. The molecule has 0 aromatic carbocycles. The van der Waals surface area contributed by atoms with E-state index in [1.54, 1.807) is 26.0 Å². The third-order valence-electron chi connectivity index (χ3n) is 4.62. The Balaban J connectivity index is 1.83. The standard InChI is InChI=1S/C20H23N3O3/c1-11-15(12(2)26-23-11)9-18(24)21-13-6-7-14-16(20(3,4)5)10-19(25)22-17(14)8-13/h6-8,10,14H,9H2,1-5H3,(H,22,25). The lowest BCUT2D eigenvalue weighted by Gasteiger charge is -2.34. The van der Waals surface area contributed by atoms with E-state index in [1.807, 2.05) is 12.2 Å². The molecule has 136 valence electrons. The first kappa shape index (κ1) is 18.0. The van der Waals surface area contributed by atoms with Crippen LogP contribution in [0.1, 0.15) is 37.8 Å². The second-order valence-corrected chi connectivity index (χ2v) is 7.69. The van der Waals surface area contributed by atoms with Gasteiger partial charge in [0.1, 0.15) is 5.76 Å². The van der Waals surface area contributed by atoms with Crippen LogP contribution >= 0.6 is 0 Å². The fourth-order valence-electron chi connectivity index (χ4n) is 3.23. The molecule has 1 unspecified atom stereocenters. The number of nitrogens with one attached hydrogen (secondary N) is 1. The summed E-state index contributed by atoms with van der Waals surface area (Å²) >= 11 is 0. The SMILES string of the molecule is Cc1noc(C)c1CC(=O)N=C1C=CC2C(=C1)NC(=O)C=C2C(C)(C)C. The van der Waals surface area contributed by atoms with Crippen molar-refractivity contribution in [2.24, 2.45) is 16.3 Å². The van der Waals surface area contributed by atoms with Gasteiger partial charge in [0, 0.05) is 23.3 Å². The molecule has 0 bridgehead atoms. The van der Waals surface area contributed by atoms with Gasteiger partial charge in [-0.2, -0.15) is 0 Å². The van der Waals surface area contributed by atoms with Crippen LogP contribution in [0.4, 0.5) is 0 Å². The molecule has 26 heavy (non-hydrogen) atoms. The molecule has 3 rings (SSSR count). The Kier molecular flexibility index (Phi) is 4.52. The van der Waals surface area contributed by atoms with Gasteiger partial charge in [-0.05, 0) is 37.0 Å². The fraction of sp³-hybridized carbons (Fsp3) is 0.400. The Bertz CT molecular complexity index is 872. The van der Waals surface area contributed by atoms with E-state index in [1.165, 1.54) is 0 Å². The van der Waals surface area contributed by atoms with Crippen molar-refractivity contribution < 1.29 is 14.1 Å². The van der Waals surface area contributed by atoms with Crippen molar-refractivity contribution in [1.82, 2.24) is 10.5 Å². The molecule has 2 amide bonds. The zero-order chi connectivity index (χ0) is 19.1. The quantitative estimate of drug-likeness (QED) is 0.886. The predicted molar refractivity (Wildman–Crippen MR) is 98.5 cm³/mol. The molecule has 0 spiro atoms. The molecule has 6 nitrogen and oxygen atoms in total. The third-order valence-corrected chi connectivity index (χ3v) is 4.62. The molecule has 0 saturated carbocycles. The molecule has 1 atom stereocenters. The van der Waals surface area contributed by atoms with Crippen LogP contribution in [0.15, 0.2) is 45.1 Å². The van der Waals surface area contributed by atoms with Gasteiger partial charge < -0.3 is 9.84 Å². The first-order chi connectivity index (χ1) is 12.1. The van der Waals surface area contributed by atoms with Gasteiger partial charge in [-0.3, -0.25) is 9.59 Å². The molecule has 1 aliphatic heterocycles. The normalized spacial score (nSPS) is 21.2. The number of amides is 2. The number of fused-ring (bicyclic) bond motifs is 1. The minimum atomic E-state index is -0.275. The van der Waals surface area contributed by atoms with Crippen molar-refractivity contribution in [2.45, 2.75) is 41.0 Å². The number of nitrogens with zero attached hydrogens (tertiary/aromatic N) is 2. The largest absolute Gasteiger partial charge is 0.361 e. The first-order valence-corrected chi connectivity index (χ1v) is 8.61. The van der Waals surface area contributed by atoms with Crippen LogP contribution in [0.25, 0.3) is 0 Å². The smallest absolute Gasteiger partial charge is 0.250 e. The van der Waals surface area contributed by atoms with Crippen molar-refractivity contribution in [3.8, 4) is 0 Å². The molecular formula is C20H23N3O3.